The Morgan fingerprint density at radius 1 is 1.25 bits per heavy atom. The molecule has 1 atom stereocenters. The number of hydrogen-bond donors (Lipinski definition) is 1. The summed E-state index contributed by atoms with van der Waals surface area (Å²) in [5.74, 6) is -0.832. The van der Waals surface area contributed by atoms with E-state index < -0.39 is 5.97 Å². The Hall–Kier alpha value is -1.35. The van der Waals surface area contributed by atoms with Gasteiger partial charge < -0.3 is 5.11 Å². The van der Waals surface area contributed by atoms with Gasteiger partial charge in [-0.25, -0.2) is 4.79 Å². The second-order valence-corrected chi connectivity index (χ2v) is 5.75. The van der Waals surface area contributed by atoms with Crippen molar-refractivity contribution in [1.29, 1.82) is 0 Å². The van der Waals surface area contributed by atoms with Crippen molar-refractivity contribution < 1.29 is 9.90 Å². The van der Waals surface area contributed by atoms with Gasteiger partial charge in [0.05, 0.1) is 5.56 Å². The fourth-order valence-corrected chi connectivity index (χ4v) is 3.09. The van der Waals surface area contributed by atoms with Crippen molar-refractivity contribution in [2.75, 3.05) is 0 Å². The molecule has 1 aliphatic heterocycles. The molecule has 1 N–H and O–H groups in total. The second kappa shape index (κ2) is 6.89. The van der Waals surface area contributed by atoms with Crippen molar-refractivity contribution in [3.05, 3.63) is 34.9 Å². The highest BCUT2D eigenvalue weighted by atomic mass is 16.4. The molecular weight excluding hydrogens is 250 g/mol. The summed E-state index contributed by atoms with van der Waals surface area (Å²) in [4.78, 5) is 13.5. The van der Waals surface area contributed by atoms with Crippen molar-refractivity contribution >= 4 is 5.97 Å². The van der Waals surface area contributed by atoms with E-state index in [0.29, 0.717) is 11.6 Å². The number of carbonyl (C=O) groups is 1. The summed E-state index contributed by atoms with van der Waals surface area (Å²) in [5.41, 5.74) is 2.90. The molecule has 0 saturated carbocycles. The minimum atomic E-state index is -0.832. The Labute approximate surface area is 121 Å². The molecule has 1 aliphatic rings. The number of fused-ring (bicyclic) bond motifs is 1. The zero-order valence-corrected chi connectivity index (χ0v) is 12.6. The summed E-state index contributed by atoms with van der Waals surface area (Å²) < 4.78 is 0. The van der Waals surface area contributed by atoms with Crippen LogP contribution in [0.2, 0.25) is 0 Å². The Balaban J connectivity index is 2.01. The molecule has 1 heterocycles. The van der Waals surface area contributed by atoms with Crippen LogP contribution in [0.5, 0.6) is 0 Å². The minimum absolute atomic E-state index is 0.407. The summed E-state index contributed by atoms with van der Waals surface area (Å²) in [6, 6.07) is 6.18. The molecule has 20 heavy (non-hydrogen) atoms. The van der Waals surface area contributed by atoms with Gasteiger partial charge in [0.15, 0.2) is 0 Å². The van der Waals surface area contributed by atoms with Gasteiger partial charge in [-0.1, -0.05) is 39.2 Å². The Morgan fingerprint density at radius 2 is 2.00 bits per heavy atom. The third-order valence-electron chi connectivity index (χ3n) is 4.33. The monoisotopic (exact) mass is 275 g/mol. The molecule has 0 radical (unpaired) electrons. The number of rotatable bonds is 7. The summed E-state index contributed by atoms with van der Waals surface area (Å²) in [5, 5.41) is 9.07. The molecule has 0 aromatic heterocycles. The molecule has 0 bridgehead atoms. The van der Waals surface area contributed by atoms with Crippen molar-refractivity contribution in [2.24, 2.45) is 0 Å². The molecule has 3 heteroatoms. The number of nitrogens with zero attached hydrogens (tertiary/aromatic N) is 1. The summed E-state index contributed by atoms with van der Waals surface area (Å²) in [6.45, 7) is 6.36. The first-order valence-corrected chi connectivity index (χ1v) is 7.74. The third-order valence-corrected chi connectivity index (χ3v) is 4.33. The number of unbranched alkanes of at least 4 members (excludes halogenated alkanes) is 2. The molecular formula is C17H25NO2. The molecule has 0 fully saturated rings. The van der Waals surface area contributed by atoms with Crippen molar-refractivity contribution in [2.45, 2.75) is 65.1 Å². The zero-order chi connectivity index (χ0) is 14.5. The van der Waals surface area contributed by atoms with Gasteiger partial charge in [0.1, 0.15) is 0 Å². The largest absolute Gasteiger partial charge is 0.478 e. The van der Waals surface area contributed by atoms with Gasteiger partial charge in [0.2, 0.25) is 0 Å². The van der Waals surface area contributed by atoms with E-state index in [1.165, 1.54) is 43.2 Å². The van der Waals surface area contributed by atoms with Gasteiger partial charge in [-0.2, -0.15) is 0 Å². The first kappa shape index (κ1) is 15.0. The first-order valence-electron chi connectivity index (χ1n) is 7.74. The Morgan fingerprint density at radius 3 is 2.65 bits per heavy atom. The van der Waals surface area contributed by atoms with Crippen LogP contribution in [-0.4, -0.2) is 22.0 Å². The quantitative estimate of drug-likeness (QED) is 0.763. The summed E-state index contributed by atoms with van der Waals surface area (Å²) in [6.07, 6.45) is 6.29. The van der Waals surface area contributed by atoms with Gasteiger partial charge in [-0.15, -0.1) is 0 Å². The maximum atomic E-state index is 11.0. The third kappa shape index (κ3) is 3.40. The van der Waals surface area contributed by atoms with Crippen LogP contribution in [0.15, 0.2) is 18.2 Å². The van der Waals surface area contributed by atoms with E-state index in [1.54, 1.807) is 6.07 Å². The van der Waals surface area contributed by atoms with E-state index >= 15 is 0 Å². The zero-order valence-electron chi connectivity index (χ0n) is 12.6. The number of hydrogen-bond acceptors (Lipinski definition) is 2. The lowest BCUT2D eigenvalue weighted by molar-refractivity contribution is 0.0696. The minimum Gasteiger partial charge on any atom is -0.478 e. The number of benzene rings is 1. The highest BCUT2D eigenvalue weighted by molar-refractivity contribution is 5.87. The van der Waals surface area contributed by atoms with Gasteiger partial charge in [0.25, 0.3) is 0 Å². The average Bonchev–Trinajstić information content (AvgIpc) is 2.86. The lowest BCUT2D eigenvalue weighted by Crippen LogP contribution is -2.29. The second-order valence-electron chi connectivity index (χ2n) is 5.75. The van der Waals surface area contributed by atoms with Crippen LogP contribution in [-0.2, 0) is 13.1 Å². The van der Waals surface area contributed by atoms with Crippen molar-refractivity contribution in [3.63, 3.8) is 0 Å². The average molecular weight is 275 g/mol. The lowest BCUT2D eigenvalue weighted by Gasteiger charge is -2.26. The van der Waals surface area contributed by atoms with Gasteiger partial charge in [-0.05, 0) is 36.1 Å². The summed E-state index contributed by atoms with van der Waals surface area (Å²) >= 11 is 0. The fraction of sp³-hybridized carbons (Fsp3) is 0.588. The molecule has 2 rings (SSSR count). The van der Waals surface area contributed by atoms with E-state index in [0.717, 1.165) is 13.1 Å². The normalized spacial score (nSPS) is 16.1. The highest BCUT2D eigenvalue weighted by Gasteiger charge is 2.25. The van der Waals surface area contributed by atoms with Gasteiger partial charge in [-0.3, -0.25) is 4.90 Å². The smallest absolute Gasteiger partial charge is 0.335 e. The highest BCUT2D eigenvalue weighted by Crippen LogP contribution is 2.28. The molecule has 0 amide bonds. The van der Waals surface area contributed by atoms with Crippen LogP contribution >= 0.6 is 0 Å². The maximum absolute atomic E-state index is 11.0. The van der Waals surface area contributed by atoms with E-state index in [-0.39, 0.29) is 0 Å². The molecule has 0 saturated heterocycles. The van der Waals surface area contributed by atoms with Gasteiger partial charge in [0, 0.05) is 19.1 Å². The van der Waals surface area contributed by atoms with Crippen LogP contribution in [0.4, 0.5) is 0 Å². The SMILES string of the molecule is CCCCCC(CC)N1Cc2ccc(C(=O)O)cc2C1. The Bertz CT molecular complexity index is 470. The number of carboxylic acids is 1. The molecule has 3 nitrogen and oxygen atoms in total. The van der Waals surface area contributed by atoms with Crippen molar-refractivity contribution in [1.82, 2.24) is 4.90 Å². The Kier molecular flexibility index (Phi) is 5.18. The van der Waals surface area contributed by atoms with E-state index in [4.69, 9.17) is 5.11 Å². The maximum Gasteiger partial charge on any atom is 0.335 e. The first-order chi connectivity index (χ1) is 9.65. The van der Waals surface area contributed by atoms with E-state index in [1.807, 2.05) is 12.1 Å². The van der Waals surface area contributed by atoms with Gasteiger partial charge >= 0.3 is 5.97 Å². The molecule has 1 aromatic carbocycles. The molecule has 0 aliphatic carbocycles. The molecule has 110 valence electrons. The molecule has 1 aromatic rings. The lowest BCUT2D eigenvalue weighted by atomic mass is 10.0. The fourth-order valence-electron chi connectivity index (χ4n) is 3.09. The topological polar surface area (TPSA) is 40.5 Å². The van der Waals surface area contributed by atoms with Crippen LogP contribution in [0, 0.1) is 0 Å². The van der Waals surface area contributed by atoms with E-state index in [9.17, 15) is 4.79 Å². The molecule has 0 spiro atoms. The molecule has 1 unspecified atom stereocenters. The van der Waals surface area contributed by atoms with Crippen molar-refractivity contribution in [3.8, 4) is 0 Å². The van der Waals surface area contributed by atoms with Crippen LogP contribution in [0.3, 0.4) is 0 Å². The number of carboxylic acid groups (broad SMARTS) is 1. The predicted molar refractivity (Wildman–Crippen MR) is 80.9 cm³/mol. The van der Waals surface area contributed by atoms with Crippen LogP contribution in [0.25, 0.3) is 0 Å². The van der Waals surface area contributed by atoms with Crippen LogP contribution < -0.4 is 0 Å². The van der Waals surface area contributed by atoms with E-state index in [2.05, 4.69) is 18.7 Å². The number of aromatic carboxylic acids is 1. The van der Waals surface area contributed by atoms with Crippen LogP contribution in [0.1, 0.15) is 67.4 Å². The predicted octanol–water partition coefficient (Wildman–Crippen LogP) is 4.06. The standard InChI is InChI=1S/C17H25NO2/c1-3-5-6-7-16(4-2)18-11-14-9-8-13(17(19)20)10-15(14)12-18/h8-10,16H,3-7,11-12H2,1-2H3,(H,19,20). The summed E-state index contributed by atoms with van der Waals surface area (Å²) in [7, 11) is 0.